The van der Waals surface area contributed by atoms with Crippen molar-refractivity contribution >= 4 is 21.4 Å². The van der Waals surface area contributed by atoms with Crippen molar-refractivity contribution in [3.8, 4) is 0 Å². The third-order valence-electron chi connectivity index (χ3n) is 3.19. The number of nitro groups is 1. The first-order chi connectivity index (χ1) is 9.44. The van der Waals surface area contributed by atoms with Crippen molar-refractivity contribution in [3.05, 3.63) is 33.9 Å². The molecule has 20 heavy (non-hydrogen) atoms. The van der Waals surface area contributed by atoms with Crippen molar-refractivity contribution in [2.24, 2.45) is 0 Å². The van der Waals surface area contributed by atoms with E-state index < -0.39 is 14.9 Å². The number of nitrogens with one attached hydrogen (secondary N) is 1. The number of anilines is 1. The monoisotopic (exact) mass is 299 g/mol. The van der Waals surface area contributed by atoms with E-state index in [-0.39, 0.29) is 18.0 Å². The number of nitro benzene ring substituents is 1. The number of rotatable bonds is 5. The molecule has 1 fully saturated rings. The number of hydrogen-bond acceptors (Lipinski definition) is 5. The lowest BCUT2D eigenvalue weighted by Gasteiger charge is -2.14. The summed E-state index contributed by atoms with van der Waals surface area (Å²) in [6.45, 7) is 3.11. The highest BCUT2D eigenvalue weighted by Gasteiger charge is 2.28. The van der Waals surface area contributed by atoms with Crippen LogP contribution in [-0.4, -0.2) is 36.5 Å². The second-order valence-electron chi connectivity index (χ2n) is 4.64. The molecule has 0 saturated carbocycles. The fourth-order valence-corrected chi connectivity index (χ4v) is 3.74. The molecule has 1 aliphatic heterocycles. The number of sulfonamides is 1. The van der Waals surface area contributed by atoms with Gasteiger partial charge in [0.15, 0.2) is 0 Å². The lowest BCUT2D eigenvalue weighted by Crippen LogP contribution is -2.25. The zero-order chi connectivity index (χ0) is 14.8. The van der Waals surface area contributed by atoms with Gasteiger partial charge in [0.25, 0.3) is 5.69 Å². The Morgan fingerprint density at radius 1 is 1.45 bits per heavy atom. The van der Waals surface area contributed by atoms with Crippen LogP contribution in [0.25, 0.3) is 0 Å². The van der Waals surface area contributed by atoms with Crippen molar-refractivity contribution in [1.82, 2.24) is 4.31 Å². The summed E-state index contributed by atoms with van der Waals surface area (Å²) >= 11 is 0. The molecule has 1 saturated heterocycles. The first-order valence-corrected chi connectivity index (χ1v) is 8.04. The molecule has 110 valence electrons. The Labute approximate surface area is 117 Å². The zero-order valence-electron chi connectivity index (χ0n) is 11.2. The van der Waals surface area contributed by atoms with E-state index in [1.165, 1.54) is 10.4 Å². The van der Waals surface area contributed by atoms with E-state index >= 15 is 0 Å². The molecule has 0 bridgehead atoms. The zero-order valence-corrected chi connectivity index (χ0v) is 12.0. The maximum absolute atomic E-state index is 11.7. The molecular formula is C12H17N3O4S. The molecule has 1 aromatic carbocycles. The first-order valence-electron chi connectivity index (χ1n) is 6.43. The van der Waals surface area contributed by atoms with Gasteiger partial charge < -0.3 is 5.32 Å². The molecule has 1 aliphatic rings. The van der Waals surface area contributed by atoms with Gasteiger partial charge in [0, 0.05) is 25.7 Å². The molecule has 0 radical (unpaired) electrons. The Morgan fingerprint density at radius 3 is 2.75 bits per heavy atom. The molecule has 8 heteroatoms. The smallest absolute Gasteiger partial charge is 0.292 e. The normalized spacial score (nSPS) is 18.1. The topological polar surface area (TPSA) is 92.6 Å². The highest BCUT2D eigenvalue weighted by Crippen LogP contribution is 2.27. The molecule has 1 N–H and O–H groups in total. The largest absolute Gasteiger partial charge is 0.380 e. The molecule has 0 spiro atoms. The summed E-state index contributed by atoms with van der Waals surface area (Å²) in [5, 5.41) is 14.0. The van der Waals surface area contributed by atoms with Crippen LogP contribution in [0.4, 0.5) is 11.4 Å². The fraction of sp³-hybridized carbons (Fsp3) is 0.500. The molecular weight excluding hydrogens is 282 g/mol. The van der Waals surface area contributed by atoms with Crippen molar-refractivity contribution < 1.29 is 13.3 Å². The molecule has 0 amide bonds. The minimum atomic E-state index is -3.19. The molecule has 7 nitrogen and oxygen atoms in total. The maximum Gasteiger partial charge on any atom is 0.292 e. The Morgan fingerprint density at radius 2 is 2.20 bits per heavy atom. The lowest BCUT2D eigenvalue weighted by molar-refractivity contribution is -0.384. The molecule has 0 aromatic heterocycles. The van der Waals surface area contributed by atoms with Crippen molar-refractivity contribution in [2.45, 2.75) is 19.9 Å². The fourth-order valence-electron chi connectivity index (χ4n) is 2.24. The summed E-state index contributed by atoms with van der Waals surface area (Å²) < 4.78 is 24.8. The van der Waals surface area contributed by atoms with Gasteiger partial charge in [-0.25, -0.2) is 8.42 Å². The Kier molecular flexibility index (Phi) is 4.24. The quantitative estimate of drug-likeness (QED) is 0.658. The van der Waals surface area contributed by atoms with Crippen molar-refractivity contribution in [1.29, 1.82) is 0 Å². The SMILES string of the molecule is CCNc1ccc(CN2CCCS2(=O)=O)cc1[N+](=O)[O-]. The van der Waals surface area contributed by atoms with E-state index in [4.69, 9.17) is 0 Å². The summed E-state index contributed by atoms with van der Waals surface area (Å²) in [6.07, 6.45) is 0.611. The third-order valence-corrected chi connectivity index (χ3v) is 5.09. The Balaban J connectivity index is 2.25. The summed E-state index contributed by atoms with van der Waals surface area (Å²) in [5.41, 5.74) is 1.05. The molecule has 1 heterocycles. The van der Waals surface area contributed by atoms with Crippen LogP contribution in [0.1, 0.15) is 18.9 Å². The van der Waals surface area contributed by atoms with E-state index in [0.29, 0.717) is 30.8 Å². The summed E-state index contributed by atoms with van der Waals surface area (Å²) in [7, 11) is -3.19. The van der Waals surface area contributed by atoms with Crippen LogP contribution >= 0.6 is 0 Å². The van der Waals surface area contributed by atoms with Gasteiger partial charge in [-0.05, 0) is 25.0 Å². The van der Waals surface area contributed by atoms with Crippen LogP contribution in [0.5, 0.6) is 0 Å². The van der Waals surface area contributed by atoms with Crippen LogP contribution in [0, 0.1) is 10.1 Å². The highest BCUT2D eigenvalue weighted by molar-refractivity contribution is 7.89. The highest BCUT2D eigenvalue weighted by atomic mass is 32.2. The summed E-state index contributed by atoms with van der Waals surface area (Å²) in [4.78, 5) is 10.6. The van der Waals surface area contributed by atoms with Crippen LogP contribution in [0.2, 0.25) is 0 Å². The van der Waals surface area contributed by atoms with Gasteiger partial charge in [-0.15, -0.1) is 0 Å². The minimum Gasteiger partial charge on any atom is -0.380 e. The average Bonchev–Trinajstić information content (AvgIpc) is 2.70. The Bertz CT molecular complexity index is 615. The number of benzene rings is 1. The van der Waals surface area contributed by atoms with E-state index in [1.54, 1.807) is 12.1 Å². The summed E-state index contributed by atoms with van der Waals surface area (Å²) in [6, 6.07) is 4.78. The standard InChI is InChI=1S/C12H17N3O4S/c1-2-13-11-5-4-10(8-12(11)15(16)17)9-14-6-3-7-20(14,18)19/h4-5,8,13H,2-3,6-7,9H2,1H3. The van der Waals surface area contributed by atoms with Gasteiger partial charge in [0.2, 0.25) is 10.0 Å². The molecule has 0 unspecified atom stereocenters. The summed E-state index contributed by atoms with van der Waals surface area (Å²) in [5.74, 6) is 0.157. The molecule has 0 atom stereocenters. The van der Waals surface area contributed by atoms with E-state index in [2.05, 4.69) is 5.32 Å². The van der Waals surface area contributed by atoms with Gasteiger partial charge in [0.1, 0.15) is 5.69 Å². The van der Waals surface area contributed by atoms with E-state index in [9.17, 15) is 18.5 Å². The molecule has 0 aliphatic carbocycles. The number of nitrogens with zero attached hydrogens (tertiary/aromatic N) is 2. The van der Waals surface area contributed by atoms with Gasteiger partial charge in [-0.3, -0.25) is 10.1 Å². The van der Waals surface area contributed by atoms with Crippen LogP contribution in [-0.2, 0) is 16.6 Å². The van der Waals surface area contributed by atoms with E-state index in [0.717, 1.165) is 0 Å². The Hall–Kier alpha value is -1.67. The van der Waals surface area contributed by atoms with Crippen LogP contribution in [0.3, 0.4) is 0 Å². The molecule has 1 aromatic rings. The van der Waals surface area contributed by atoms with Gasteiger partial charge in [-0.1, -0.05) is 6.07 Å². The minimum absolute atomic E-state index is 0.0269. The average molecular weight is 299 g/mol. The van der Waals surface area contributed by atoms with E-state index in [1.807, 2.05) is 6.92 Å². The second kappa shape index (κ2) is 5.76. The first kappa shape index (κ1) is 14.7. The number of hydrogen-bond donors (Lipinski definition) is 1. The van der Waals surface area contributed by atoms with Gasteiger partial charge >= 0.3 is 0 Å². The lowest BCUT2D eigenvalue weighted by atomic mass is 10.1. The third kappa shape index (κ3) is 3.07. The maximum atomic E-state index is 11.7. The predicted octanol–water partition coefficient (Wildman–Crippen LogP) is 1.56. The van der Waals surface area contributed by atoms with Gasteiger partial charge in [0.05, 0.1) is 10.7 Å². The van der Waals surface area contributed by atoms with Crippen LogP contribution in [0.15, 0.2) is 18.2 Å². The second-order valence-corrected chi connectivity index (χ2v) is 6.73. The predicted molar refractivity (Wildman–Crippen MR) is 76.1 cm³/mol. The van der Waals surface area contributed by atoms with Gasteiger partial charge in [-0.2, -0.15) is 4.31 Å². The van der Waals surface area contributed by atoms with Crippen LogP contribution < -0.4 is 5.32 Å². The van der Waals surface area contributed by atoms with Crippen molar-refractivity contribution in [2.75, 3.05) is 24.2 Å². The van der Waals surface area contributed by atoms with Crippen molar-refractivity contribution in [3.63, 3.8) is 0 Å². The molecule has 2 rings (SSSR count).